The van der Waals surface area contributed by atoms with Gasteiger partial charge in [0.15, 0.2) is 0 Å². The molecule has 0 aliphatic carbocycles. The molecule has 1 aromatic rings. The lowest BCUT2D eigenvalue weighted by molar-refractivity contribution is 0.112. The molecule has 0 fully saturated rings. The van der Waals surface area contributed by atoms with Gasteiger partial charge in [0.2, 0.25) is 0 Å². The van der Waals surface area contributed by atoms with Crippen LogP contribution in [-0.2, 0) is 6.42 Å². The molecule has 1 rings (SSSR count). The molecule has 96 valence electrons. The summed E-state index contributed by atoms with van der Waals surface area (Å²) >= 11 is 0. The summed E-state index contributed by atoms with van der Waals surface area (Å²) < 4.78 is 0. The van der Waals surface area contributed by atoms with Crippen LogP contribution in [0.2, 0.25) is 0 Å². The lowest BCUT2D eigenvalue weighted by atomic mass is 9.94. The van der Waals surface area contributed by atoms with E-state index in [1.54, 1.807) is 0 Å². The molecule has 17 heavy (non-hydrogen) atoms. The average Bonchev–Trinajstić information content (AvgIpc) is 2.39. The number of hydrogen-bond donors (Lipinski definition) is 3. The third-order valence-electron chi connectivity index (χ3n) is 3.11. The third-order valence-corrected chi connectivity index (χ3v) is 3.11. The van der Waals surface area contributed by atoms with Crippen molar-refractivity contribution >= 4 is 0 Å². The van der Waals surface area contributed by atoms with Crippen molar-refractivity contribution in [2.45, 2.75) is 37.6 Å². The van der Waals surface area contributed by atoms with Crippen molar-refractivity contribution in [3.8, 4) is 0 Å². The zero-order valence-corrected chi connectivity index (χ0v) is 10.3. The molecule has 0 aliphatic rings. The van der Waals surface area contributed by atoms with E-state index in [1.165, 1.54) is 5.56 Å². The van der Waals surface area contributed by atoms with E-state index in [0.29, 0.717) is 6.42 Å². The second-order valence-corrected chi connectivity index (χ2v) is 4.72. The fraction of sp³-hybridized carbons (Fsp3) is 0.571. The minimum Gasteiger partial charge on any atom is -0.394 e. The fourth-order valence-electron chi connectivity index (χ4n) is 1.84. The molecule has 0 bridgehead atoms. The monoisotopic (exact) mass is 237 g/mol. The van der Waals surface area contributed by atoms with E-state index in [-0.39, 0.29) is 13.2 Å². The Labute approximate surface area is 103 Å². The van der Waals surface area contributed by atoms with Gasteiger partial charge in [-0.05, 0) is 24.8 Å². The highest BCUT2D eigenvalue weighted by Gasteiger charge is 2.21. The number of rotatable bonds is 8. The van der Waals surface area contributed by atoms with Crippen LogP contribution in [0, 0.1) is 0 Å². The lowest BCUT2D eigenvalue weighted by Crippen LogP contribution is -2.47. The Bertz CT molecular complexity index is 296. The van der Waals surface area contributed by atoms with Crippen LogP contribution in [0.25, 0.3) is 0 Å². The van der Waals surface area contributed by atoms with Gasteiger partial charge in [-0.3, -0.25) is 0 Å². The molecule has 3 heteroatoms. The van der Waals surface area contributed by atoms with Gasteiger partial charge >= 0.3 is 0 Å². The highest BCUT2D eigenvalue weighted by atomic mass is 16.3. The number of benzene rings is 1. The molecule has 4 N–H and O–H groups in total. The van der Waals surface area contributed by atoms with Crippen LogP contribution < -0.4 is 5.73 Å². The van der Waals surface area contributed by atoms with Crippen molar-refractivity contribution in [3.63, 3.8) is 0 Å². The van der Waals surface area contributed by atoms with Crippen molar-refractivity contribution in [3.05, 3.63) is 35.9 Å². The Morgan fingerprint density at radius 2 is 1.59 bits per heavy atom. The molecule has 1 aromatic carbocycles. The minimum atomic E-state index is -0.799. The summed E-state index contributed by atoms with van der Waals surface area (Å²) in [5.74, 6) is 0. The van der Waals surface area contributed by atoms with Crippen LogP contribution >= 0.6 is 0 Å². The summed E-state index contributed by atoms with van der Waals surface area (Å²) in [4.78, 5) is 0. The molecule has 0 aliphatic heterocycles. The molecule has 0 aromatic heterocycles. The normalized spacial score (nSPS) is 11.7. The maximum Gasteiger partial charge on any atom is 0.0633 e. The van der Waals surface area contributed by atoms with Gasteiger partial charge in [-0.25, -0.2) is 0 Å². The maximum atomic E-state index is 9.03. The summed E-state index contributed by atoms with van der Waals surface area (Å²) in [7, 11) is 0. The highest BCUT2D eigenvalue weighted by molar-refractivity contribution is 5.14. The second-order valence-electron chi connectivity index (χ2n) is 4.72. The first-order valence-electron chi connectivity index (χ1n) is 6.25. The van der Waals surface area contributed by atoms with Gasteiger partial charge in [-0.2, -0.15) is 0 Å². The molecule has 0 saturated carbocycles. The van der Waals surface area contributed by atoms with Crippen LogP contribution in [0.4, 0.5) is 0 Å². The lowest BCUT2D eigenvalue weighted by Gasteiger charge is -2.24. The number of aryl methyl sites for hydroxylation is 1. The molecule has 0 radical (unpaired) electrons. The molecule has 0 saturated heterocycles. The minimum absolute atomic E-state index is 0.151. The van der Waals surface area contributed by atoms with Crippen molar-refractivity contribution in [1.82, 2.24) is 0 Å². The first-order valence-corrected chi connectivity index (χ1v) is 6.25. The Balaban J connectivity index is 2.13. The quantitative estimate of drug-likeness (QED) is 0.600. The van der Waals surface area contributed by atoms with Crippen molar-refractivity contribution in [2.75, 3.05) is 13.2 Å². The highest BCUT2D eigenvalue weighted by Crippen LogP contribution is 2.13. The predicted molar refractivity (Wildman–Crippen MR) is 69.7 cm³/mol. The Morgan fingerprint density at radius 3 is 2.18 bits per heavy atom. The van der Waals surface area contributed by atoms with Crippen LogP contribution in [0.1, 0.15) is 31.2 Å². The van der Waals surface area contributed by atoms with Crippen molar-refractivity contribution in [2.24, 2.45) is 5.73 Å². The van der Waals surface area contributed by atoms with Crippen molar-refractivity contribution in [1.29, 1.82) is 0 Å². The van der Waals surface area contributed by atoms with E-state index >= 15 is 0 Å². The van der Waals surface area contributed by atoms with Gasteiger partial charge < -0.3 is 15.9 Å². The zero-order valence-electron chi connectivity index (χ0n) is 10.3. The van der Waals surface area contributed by atoms with Crippen LogP contribution in [-0.4, -0.2) is 29.0 Å². The summed E-state index contributed by atoms with van der Waals surface area (Å²) in [6.07, 6.45) is 4.90. The standard InChI is InChI=1S/C14H23NO2/c15-14(11-16,12-17)10-6-2-5-9-13-7-3-1-4-8-13/h1,3-4,7-8,16-17H,2,5-6,9-12,15H2. The number of aliphatic hydroxyl groups is 2. The van der Waals surface area contributed by atoms with E-state index in [9.17, 15) is 0 Å². The molecule has 0 heterocycles. The van der Waals surface area contributed by atoms with E-state index in [0.717, 1.165) is 25.7 Å². The van der Waals surface area contributed by atoms with E-state index in [2.05, 4.69) is 24.3 Å². The van der Waals surface area contributed by atoms with Gasteiger partial charge in [-0.15, -0.1) is 0 Å². The topological polar surface area (TPSA) is 66.5 Å². The summed E-state index contributed by atoms with van der Waals surface area (Å²) in [6.45, 7) is -0.301. The smallest absolute Gasteiger partial charge is 0.0633 e. The number of hydrogen-bond acceptors (Lipinski definition) is 3. The fourth-order valence-corrected chi connectivity index (χ4v) is 1.84. The van der Waals surface area contributed by atoms with Gasteiger partial charge in [0.25, 0.3) is 0 Å². The van der Waals surface area contributed by atoms with Gasteiger partial charge in [-0.1, -0.05) is 43.2 Å². The Morgan fingerprint density at radius 1 is 0.941 bits per heavy atom. The van der Waals surface area contributed by atoms with E-state index < -0.39 is 5.54 Å². The van der Waals surface area contributed by atoms with Gasteiger partial charge in [0.1, 0.15) is 0 Å². The predicted octanol–water partition coefficient (Wildman–Crippen LogP) is 1.47. The van der Waals surface area contributed by atoms with Gasteiger partial charge in [0, 0.05) is 0 Å². The summed E-state index contributed by atoms with van der Waals surface area (Å²) in [5, 5.41) is 18.1. The summed E-state index contributed by atoms with van der Waals surface area (Å²) in [5.41, 5.74) is 6.35. The molecule has 0 atom stereocenters. The molecule has 0 amide bonds. The first kappa shape index (κ1) is 14.2. The second kappa shape index (κ2) is 7.43. The number of nitrogens with two attached hydrogens (primary N) is 1. The third kappa shape index (κ3) is 5.31. The molecule has 0 unspecified atom stereocenters. The summed E-state index contributed by atoms with van der Waals surface area (Å²) in [6, 6.07) is 10.4. The molecular formula is C14H23NO2. The number of aliphatic hydroxyl groups excluding tert-OH is 2. The van der Waals surface area contributed by atoms with E-state index in [4.69, 9.17) is 15.9 Å². The Hall–Kier alpha value is -0.900. The number of unbranched alkanes of at least 4 members (excludes halogenated alkanes) is 2. The first-order chi connectivity index (χ1) is 8.20. The van der Waals surface area contributed by atoms with E-state index in [1.807, 2.05) is 6.07 Å². The molecular weight excluding hydrogens is 214 g/mol. The average molecular weight is 237 g/mol. The van der Waals surface area contributed by atoms with Gasteiger partial charge in [0.05, 0.1) is 18.8 Å². The molecule has 3 nitrogen and oxygen atoms in total. The Kier molecular flexibility index (Phi) is 6.19. The van der Waals surface area contributed by atoms with Crippen molar-refractivity contribution < 1.29 is 10.2 Å². The van der Waals surface area contributed by atoms with Crippen LogP contribution in [0.5, 0.6) is 0 Å². The van der Waals surface area contributed by atoms with Crippen LogP contribution in [0.3, 0.4) is 0 Å². The molecule has 0 spiro atoms. The zero-order chi connectivity index (χ0) is 12.6. The largest absolute Gasteiger partial charge is 0.394 e. The maximum absolute atomic E-state index is 9.03. The SMILES string of the molecule is NC(CO)(CO)CCCCCc1ccccc1. The van der Waals surface area contributed by atoms with Crippen LogP contribution in [0.15, 0.2) is 30.3 Å².